The number of piperidine rings is 1. The van der Waals surface area contributed by atoms with Crippen LogP contribution in [0, 0.1) is 5.41 Å². The summed E-state index contributed by atoms with van der Waals surface area (Å²) in [5.41, 5.74) is 2.02. The van der Waals surface area contributed by atoms with Crippen LogP contribution in [-0.4, -0.2) is 63.4 Å². The van der Waals surface area contributed by atoms with E-state index in [0.29, 0.717) is 19.3 Å². The minimum atomic E-state index is -0.401. The van der Waals surface area contributed by atoms with E-state index in [0.717, 1.165) is 57.7 Å². The number of ether oxygens (including phenoxy) is 2. The average molecular weight is 448 g/mol. The van der Waals surface area contributed by atoms with E-state index in [-0.39, 0.29) is 30.7 Å². The summed E-state index contributed by atoms with van der Waals surface area (Å²) in [5, 5.41) is 6.48. The number of carbonyl (C=O) groups is 1. The Hall–Kier alpha value is -0.890. The van der Waals surface area contributed by atoms with E-state index < -0.39 is 5.41 Å². The molecule has 1 unspecified atom stereocenters. The third kappa shape index (κ3) is 7.39. The molecule has 8 heteroatoms. The number of rotatable bonds is 7. The van der Waals surface area contributed by atoms with E-state index in [1.165, 1.54) is 5.56 Å². The maximum atomic E-state index is 12.9. The van der Waals surface area contributed by atoms with Crippen molar-refractivity contribution >= 4 is 30.7 Å². The minimum absolute atomic E-state index is 0. The Balaban J connectivity index is 0.00000210. The summed E-state index contributed by atoms with van der Waals surface area (Å²) in [6.45, 7) is 8.56. The Labute approximate surface area is 186 Å². The molecule has 1 aromatic carbocycles. The second kappa shape index (κ2) is 12.7. The zero-order valence-electron chi connectivity index (χ0n) is 17.4. The van der Waals surface area contributed by atoms with E-state index in [9.17, 15) is 4.79 Å². The van der Waals surface area contributed by atoms with Crippen LogP contribution in [0.3, 0.4) is 0 Å². The monoisotopic (exact) mass is 447 g/mol. The molecule has 1 aromatic rings. The fourth-order valence-electron chi connectivity index (χ4n) is 4.12. The van der Waals surface area contributed by atoms with Gasteiger partial charge in [0, 0.05) is 33.3 Å². The van der Waals surface area contributed by atoms with Crippen LogP contribution in [0.1, 0.15) is 30.9 Å². The molecule has 0 spiro atoms. The fraction of sp³-hybridized carbons (Fsp3) is 0.667. The second-order valence-corrected chi connectivity index (χ2v) is 7.88. The lowest BCUT2D eigenvalue weighted by Crippen LogP contribution is -2.49. The summed E-state index contributed by atoms with van der Waals surface area (Å²) >= 11 is 0. The SMILES string of the molecule is COCC1(C(=O)NCc2cccc(CN3CCOC(C)C3)c2)CCNCC1.Cl.Cl. The Morgan fingerprint density at radius 2 is 2.03 bits per heavy atom. The molecule has 1 amide bonds. The molecule has 1 atom stereocenters. The van der Waals surface area contributed by atoms with Crippen molar-refractivity contribution in [3.63, 3.8) is 0 Å². The van der Waals surface area contributed by atoms with Gasteiger partial charge in [0.15, 0.2) is 0 Å². The largest absolute Gasteiger partial charge is 0.384 e. The average Bonchev–Trinajstić information content (AvgIpc) is 2.67. The highest BCUT2D eigenvalue weighted by atomic mass is 35.5. The van der Waals surface area contributed by atoms with Crippen molar-refractivity contribution in [1.82, 2.24) is 15.5 Å². The Bertz CT molecular complexity index is 621. The van der Waals surface area contributed by atoms with Crippen molar-refractivity contribution < 1.29 is 14.3 Å². The van der Waals surface area contributed by atoms with E-state index in [2.05, 4.69) is 46.7 Å². The molecule has 2 N–H and O–H groups in total. The number of amides is 1. The molecule has 3 rings (SSSR count). The lowest BCUT2D eigenvalue weighted by molar-refractivity contribution is -0.136. The van der Waals surface area contributed by atoms with Crippen LogP contribution in [0.25, 0.3) is 0 Å². The highest BCUT2D eigenvalue weighted by molar-refractivity contribution is 5.85. The number of hydrogen-bond donors (Lipinski definition) is 2. The van der Waals surface area contributed by atoms with E-state index in [1.54, 1.807) is 7.11 Å². The highest BCUT2D eigenvalue weighted by Crippen LogP contribution is 2.29. The Kier molecular flexibility index (Phi) is 11.5. The maximum Gasteiger partial charge on any atom is 0.228 e. The lowest BCUT2D eigenvalue weighted by atomic mass is 9.78. The topological polar surface area (TPSA) is 62.8 Å². The van der Waals surface area contributed by atoms with Crippen LogP contribution in [-0.2, 0) is 27.4 Å². The van der Waals surface area contributed by atoms with Gasteiger partial charge in [0.25, 0.3) is 0 Å². The zero-order chi connectivity index (χ0) is 19.1. The van der Waals surface area contributed by atoms with Crippen molar-refractivity contribution in [2.45, 2.75) is 39.0 Å². The van der Waals surface area contributed by atoms with Gasteiger partial charge < -0.3 is 20.1 Å². The molecule has 6 nitrogen and oxygen atoms in total. The molecule has 29 heavy (non-hydrogen) atoms. The van der Waals surface area contributed by atoms with Crippen molar-refractivity contribution in [2.24, 2.45) is 5.41 Å². The van der Waals surface area contributed by atoms with Gasteiger partial charge in [0.05, 0.1) is 24.7 Å². The minimum Gasteiger partial charge on any atom is -0.384 e. The van der Waals surface area contributed by atoms with Crippen LogP contribution in [0.5, 0.6) is 0 Å². The summed E-state index contributed by atoms with van der Waals surface area (Å²) in [4.78, 5) is 15.3. The van der Waals surface area contributed by atoms with Gasteiger partial charge in [0.1, 0.15) is 0 Å². The van der Waals surface area contributed by atoms with Gasteiger partial charge in [-0.3, -0.25) is 9.69 Å². The van der Waals surface area contributed by atoms with Gasteiger partial charge in [-0.2, -0.15) is 0 Å². The van der Waals surface area contributed by atoms with Crippen LogP contribution >= 0.6 is 24.8 Å². The van der Waals surface area contributed by atoms with Crippen LogP contribution in [0.15, 0.2) is 24.3 Å². The van der Waals surface area contributed by atoms with Crippen LogP contribution < -0.4 is 10.6 Å². The first-order chi connectivity index (χ1) is 13.1. The van der Waals surface area contributed by atoms with Crippen LogP contribution in [0.2, 0.25) is 0 Å². The molecule has 2 fully saturated rings. The van der Waals surface area contributed by atoms with Crippen molar-refractivity contribution in [2.75, 3.05) is 46.5 Å². The first-order valence-electron chi connectivity index (χ1n) is 10.0. The summed E-state index contributed by atoms with van der Waals surface area (Å²) in [5.74, 6) is 0.109. The summed E-state index contributed by atoms with van der Waals surface area (Å²) in [7, 11) is 1.67. The first kappa shape index (κ1) is 26.1. The molecular weight excluding hydrogens is 413 g/mol. The van der Waals surface area contributed by atoms with E-state index in [1.807, 2.05) is 0 Å². The number of carbonyl (C=O) groups excluding carboxylic acids is 1. The predicted molar refractivity (Wildman–Crippen MR) is 120 cm³/mol. The normalized spacial score (nSPS) is 21.5. The van der Waals surface area contributed by atoms with Gasteiger partial charge >= 0.3 is 0 Å². The molecule has 2 saturated heterocycles. The molecule has 166 valence electrons. The molecular formula is C21H35Cl2N3O3. The second-order valence-electron chi connectivity index (χ2n) is 7.88. The summed E-state index contributed by atoms with van der Waals surface area (Å²) < 4.78 is 11.0. The van der Waals surface area contributed by atoms with E-state index >= 15 is 0 Å². The molecule has 2 heterocycles. The number of hydrogen-bond acceptors (Lipinski definition) is 5. The number of halogens is 2. The number of methoxy groups -OCH3 is 1. The third-order valence-corrected chi connectivity index (χ3v) is 5.64. The fourth-order valence-corrected chi connectivity index (χ4v) is 4.12. The number of nitrogens with one attached hydrogen (secondary N) is 2. The van der Waals surface area contributed by atoms with Crippen molar-refractivity contribution in [1.29, 1.82) is 0 Å². The van der Waals surface area contributed by atoms with Crippen LogP contribution in [0.4, 0.5) is 0 Å². The zero-order valence-corrected chi connectivity index (χ0v) is 19.1. The maximum absolute atomic E-state index is 12.9. The predicted octanol–water partition coefficient (Wildman–Crippen LogP) is 2.38. The standard InChI is InChI=1S/C21H33N3O3.2ClH/c1-17-14-24(10-11-27-17)15-19-5-3-4-18(12-19)13-23-20(25)21(16-26-2)6-8-22-9-7-21;;/h3-5,12,17,22H,6-11,13-16H2,1-2H3,(H,23,25);2*1H. The summed E-state index contributed by atoms with van der Waals surface area (Å²) in [6.07, 6.45) is 1.94. The molecule has 0 aromatic heterocycles. The van der Waals surface area contributed by atoms with Crippen molar-refractivity contribution in [3.8, 4) is 0 Å². The number of morpholine rings is 1. The Morgan fingerprint density at radius 3 is 2.72 bits per heavy atom. The number of nitrogens with zero attached hydrogens (tertiary/aromatic N) is 1. The quantitative estimate of drug-likeness (QED) is 0.671. The molecule has 0 radical (unpaired) electrons. The first-order valence-corrected chi connectivity index (χ1v) is 10.0. The summed E-state index contributed by atoms with van der Waals surface area (Å²) in [6, 6.07) is 8.52. The lowest BCUT2D eigenvalue weighted by Gasteiger charge is -2.35. The van der Waals surface area contributed by atoms with Gasteiger partial charge in [-0.1, -0.05) is 24.3 Å². The number of benzene rings is 1. The van der Waals surface area contributed by atoms with Gasteiger partial charge in [-0.15, -0.1) is 24.8 Å². The smallest absolute Gasteiger partial charge is 0.228 e. The van der Waals surface area contributed by atoms with Gasteiger partial charge in [-0.25, -0.2) is 0 Å². The molecule has 0 bridgehead atoms. The van der Waals surface area contributed by atoms with Gasteiger partial charge in [-0.05, 0) is 44.0 Å². The highest BCUT2D eigenvalue weighted by Gasteiger charge is 2.39. The molecule has 0 saturated carbocycles. The van der Waals surface area contributed by atoms with Gasteiger partial charge in [0.2, 0.25) is 5.91 Å². The van der Waals surface area contributed by atoms with Crippen molar-refractivity contribution in [3.05, 3.63) is 35.4 Å². The van der Waals surface area contributed by atoms with E-state index in [4.69, 9.17) is 9.47 Å². The molecule has 2 aliphatic rings. The third-order valence-electron chi connectivity index (χ3n) is 5.64. The molecule has 2 aliphatic heterocycles. The molecule has 0 aliphatic carbocycles. The Morgan fingerprint density at radius 1 is 1.31 bits per heavy atom.